The zero-order valence-corrected chi connectivity index (χ0v) is 11.3. The molecule has 5 heteroatoms. The zero-order chi connectivity index (χ0) is 13.1. The highest BCUT2D eigenvalue weighted by molar-refractivity contribution is 7.80. The molecule has 2 N–H and O–H groups in total. The zero-order valence-electron chi connectivity index (χ0n) is 10.4. The number of carbonyl (C=O) groups is 1. The number of ether oxygens (including phenoxy) is 1. The molecule has 0 amide bonds. The lowest BCUT2D eigenvalue weighted by molar-refractivity contribution is 0.0601. The number of nitrogens with one attached hydrogen (secondary N) is 2. The third-order valence-corrected chi connectivity index (χ3v) is 3.04. The smallest absolute Gasteiger partial charge is 0.337 e. The Morgan fingerprint density at radius 1 is 1.44 bits per heavy atom. The molecular formula is C13H16N2O2S. The molecule has 1 fully saturated rings. The van der Waals surface area contributed by atoms with Crippen LogP contribution in [0.25, 0.3) is 0 Å². The first-order valence-corrected chi connectivity index (χ1v) is 6.27. The van der Waals surface area contributed by atoms with Crippen LogP contribution >= 0.6 is 12.2 Å². The molecule has 0 aliphatic heterocycles. The van der Waals surface area contributed by atoms with E-state index >= 15 is 0 Å². The lowest BCUT2D eigenvalue weighted by atomic mass is 10.1. The summed E-state index contributed by atoms with van der Waals surface area (Å²) in [6.45, 7) is 1.96. The van der Waals surface area contributed by atoms with Crippen molar-refractivity contribution in [2.45, 2.75) is 25.8 Å². The van der Waals surface area contributed by atoms with Crippen LogP contribution in [0.2, 0.25) is 0 Å². The van der Waals surface area contributed by atoms with Gasteiger partial charge in [-0.25, -0.2) is 4.79 Å². The Labute approximate surface area is 112 Å². The van der Waals surface area contributed by atoms with Gasteiger partial charge in [-0.05, 0) is 49.7 Å². The molecule has 18 heavy (non-hydrogen) atoms. The van der Waals surface area contributed by atoms with Crippen LogP contribution < -0.4 is 10.6 Å². The fraction of sp³-hybridized carbons (Fsp3) is 0.385. The monoisotopic (exact) mass is 264 g/mol. The molecule has 96 valence electrons. The summed E-state index contributed by atoms with van der Waals surface area (Å²) >= 11 is 5.21. The van der Waals surface area contributed by atoms with Crippen LogP contribution in [0.15, 0.2) is 18.2 Å². The van der Waals surface area contributed by atoms with E-state index in [0.29, 0.717) is 16.7 Å². The first kappa shape index (κ1) is 12.8. The number of methoxy groups -OCH3 is 1. The second-order valence-corrected chi connectivity index (χ2v) is 4.80. The average molecular weight is 264 g/mol. The van der Waals surface area contributed by atoms with Gasteiger partial charge in [0.25, 0.3) is 0 Å². The summed E-state index contributed by atoms with van der Waals surface area (Å²) in [5, 5.41) is 6.91. The van der Waals surface area contributed by atoms with Crippen molar-refractivity contribution in [2.24, 2.45) is 0 Å². The Kier molecular flexibility index (Phi) is 3.81. The molecule has 0 spiro atoms. The number of esters is 1. The number of carbonyl (C=O) groups excluding carboxylic acids is 1. The summed E-state index contributed by atoms with van der Waals surface area (Å²) in [6, 6.07) is 5.87. The van der Waals surface area contributed by atoms with Gasteiger partial charge in [0.05, 0.1) is 12.7 Å². The van der Waals surface area contributed by atoms with Crippen LogP contribution in [-0.2, 0) is 4.74 Å². The molecular weight excluding hydrogens is 248 g/mol. The van der Waals surface area contributed by atoms with E-state index in [9.17, 15) is 4.79 Å². The first-order valence-electron chi connectivity index (χ1n) is 5.86. The fourth-order valence-electron chi connectivity index (χ4n) is 1.57. The summed E-state index contributed by atoms with van der Waals surface area (Å²) in [5.41, 5.74) is 2.37. The van der Waals surface area contributed by atoms with E-state index in [2.05, 4.69) is 10.6 Å². The van der Waals surface area contributed by atoms with Gasteiger partial charge < -0.3 is 15.4 Å². The van der Waals surface area contributed by atoms with Crippen molar-refractivity contribution in [1.82, 2.24) is 5.32 Å². The van der Waals surface area contributed by atoms with Gasteiger partial charge in [0.15, 0.2) is 5.11 Å². The third-order valence-electron chi connectivity index (χ3n) is 2.82. The van der Waals surface area contributed by atoms with Crippen LogP contribution in [0, 0.1) is 6.92 Å². The van der Waals surface area contributed by atoms with Crippen LogP contribution in [0.3, 0.4) is 0 Å². The quantitative estimate of drug-likeness (QED) is 0.647. The van der Waals surface area contributed by atoms with E-state index in [1.807, 2.05) is 13.0 Å². The molecule has 0 heterocycles. The number of hydrogen-bond acceptors (Lipinski definition) is 3. The summed E-state index contributed by atoms with van der Waals surface area (Å²) in [4.78, 5) is 11.5. The van der Waals surface area contributed by atoms with E-state index in [1.165, 1.54) is 20.0 Å². The molecule has 0 radical (unpaired) electrons. The van der Waals surface area contributed by atoms with Crippen molar-refractivity contribution in [3.05, 3.63) is 29.3 Å². The highest BCUT2D eigenvalue weighted by Crippen LogP contribution is 2.20. The van der Waals surface area contributed by atoms with Crippen LogP contribution in [0.4, 0.5) is 5.69 Å². The SMILES string of the molecule is COC(=O)c1ccc(C)c(NC(=S)NC2CC2)c1. The molecule has 1 saturated carbocycles. The minimum atomic E-state index is -0.348. The van der Waals surface area contributed by atoms with E-state index in [-0.39, 0.29) is 5.97 Å². The third kappa shape index (κ3) is 3.20. The molecule has 2 rings (SSSR count). The number of benzene rings is 1. The van der Waals surface area contributed by atoms with Gasteiger partial charge in [-0.2, -0.15) is 0 Å². The van der Waals surface area contributed by atoms with Gasteiger partial charge in [-0.15, -0.1) is 0 Å². The van der Waals surface area contributed by atoms with E-state index in [4.69, 9.17) is 17.0 Å². The molecule has 0 saturated heterocycles. The summed E-state index contributed by atoms with van der Waals surface area (Å²) in [7, 11) is 1.37. The predicted molar refractivity (Wildman–Crippen MR) is 74.9 cm³/mol. The van der Waals surface area contributed by atoms with Crippen molar-refractivity contribution in [1.29, 1.82) is 0 Å². The maximum absolute atomic E-state index is 11.5. The molecule has 0 unspecified atom stereocenters. The lowest BCUT2D eigenvalue weighted by Crippen LogP contribution is -2.30. The second kappa shape index (κ2) is 5.35. The number of thiocarbonyl (C=S) groups is 1. The Bertz CT molecular complexity index is 484. The fourth-order valence-corrected chi connectivity index (χ4v) is 1.85. The topological polar surface area (TPSA) is 50.4 Å². The maximum Gasteiger partial charge on any atom is 0.337 e. The molecule has 0 bridgehead atoms. The van der Waals surface area contributed by atoms with Gasteiger partial charge in [0.2, 0.25) is 0 Å². The summed E-state index contributed by atoms with van der Waals surface area (Å²) in [5.74, 6) is -0.348. The van der Waals surface area contributed by atoms with Crippen molar-refractivity contribution in [3.8, 4) is 0 Å². The number of anilines is 1. The van der Waals surface area contributed by atoms with E-state index in [0.717, 1.165) is 11.3 Å². The van der Waals surface area contributed by atoms with Crippen LogP contribution in [0.1, 0.15) is 28.8 Å². The van der Waals surface area contributed by atoms with Crippen molar-refractivity contribution in [2.75, 3.05) is 12.4 Å². The number of hydrogen-bond donors (Lipinski definition) is 2. The summed E-state index contributed by atoms with van der Waals surface area (Å²) in [6.07, 6.45) is 2.34. The highest BCUT2D eigenvalue weighted by atomic mass is 32.1. The number of aryl methyl sites for hydroxylation is 1. The van der Waals surface area contributed by atoms with Gasteiger partial charge in [-0.3, -0.25) is 0 Å². The lowest BCUT2D eigenvalue weighted by Gasteiger charge is -2.12. The summed E-state index contributed by atoms with van der Waals surface area (Å²) < 4.78 is 4.70. The largest absolute Gasteiger partial charge is 0.465 e. The second-order valence-electron chi connectivity index (χ2n) is 4.39. The van der Waals surface area contributed by atoms with Gasteiger partial charge in [-0.1, -0.05) is 6.07 Å². The van der Waals surface area contributed by atoms with Crippen molar-refractivity contribution < 1.29 is 9.53 Å². The van der Waals surface area contributed by atoms with Gasteiger partial charge in [0, 0.05) is 11.7 Å². The average Bonchev–Trinajstić information content (AvgIpc) is 3.14. The Morgan fingerprint density at radius 2 is 2.17 bits per heavy atom. The molecule has 0 aromatic heterocycles. The van der Waals surface area contributed by atoms with Crippen molar-refractivity contribution in [3.63, 3.8) is 0 Å². The number of rotatable bonds is 3. The first-order chi connectivity index (χ1) is 8.60. The van der Waals surface area contributed by atoms with E-state index < -0.39 is 0 Å². The van der Waals surface area contributed by atoms with Crippen molar-refractivity contribution >= 4 is 29.0 Å². The standard InChI is InChI=1S/C13H16N2O2S/c1-8-3-4-9(12(16)17-2)7-11(8)15-13(18)14-10-5-6-10/h3-4,7,10H,5-6H2,1-2H3,(H2,14,15,18). The Hall–Kier alpha value is -1.62. The molecule has 1 aromatic rings. The molecule has 0 atom stereocenters. The molecule has 4 nitrogen and oxygen atoms in total. The molecule has 1 aromatic carbocycles. The maximum atomic E-state index is 11.5. The van der Waals surface area contributed by atoms with Gasteiger partial charge in [0.1, 0.15) is 0 Å². The minimum Gasteiger partial charge on any atom is -0.465 e. The predicted octanol–water partition coefficient (Wildman–Crippen LogP) is 2.23. The minimum absolute atomic E-state index is 0.348. The van der Waals surface area contributed by atoms with Crippen LogP contribution in [-0.4, -0.2) is 24.2 Å². The Balaban J connectivity index is 2.09. The van der Waals surface area contributed by atoms with Crippen LogP contribution in [0.5, 0.6) is 0 Å². The van der Waals surface area contributed by atoms with E-state index in [1.54, 1.807) is 12.1 Å². The Morgan fingerprint density at radius 3 is 2.78 bits per heavy atom. The normalized spacial score (nSPS) is 13.9. The van der Waals surface area contributed by atoms with Gasteiger partial charge >= 0.3 is 5.97 Å². The molecule has 1 aliphatic rings. The highest BCUT2D eigenvalue weighted by Gasteiger charge is 2.21. The molecule has 1 aliphatic carbocycles.